The first-order valence-electron chi connectivity index (χ1n) is 46.0. The Bertz CT molecular complexity index is 2990. The number of carbonyl (C=O) groups excluding carboxylic acids is 7. The number of unbranched alkanes of at least 4 members (excludes halogenated alkanes) is 7. The maximum Gasteiger partial charge on any atom is 0.306 e. The zero-order chi connectivity index (χ0) is 95.6. The summed E-state index contributed by atoms with van der Waals surface area (Å²) in [4.78, 5) is 91.9. The average molecular weight is 1980 g/mol. The molecule has 0 saturated carbocycles. The van der Waals surface area contributed by atoms with E-state index in [1.165, 1.54) is 12.8 Å². The van der Waals surface area contributed by atoms with Crippen LogP contribution in [0.25, 0.3) is 0 Å². The van der Waals surface area contributed by atoms with Gasteiger partial charge in [-0.05, 0) is 91.5 Å². The third-order valence-electron chi connectivity index (χ3n) is 18.7. The van der Waals surface area contributed by atoms with E-state index in [9.17, 15) is 79.5 Å². The van der Waals surface area contributed by atoms with E-state index in [2.05, 4.69) is 43.1 Å². The number of allylic oxidation sites excluding steroid dienone is 1. The summed E-state index contributed by atoms with van der Waals surface area (Å²) in [5, 5.41) is 104. The molecule has 12 unspecified atom stereocenters. The Hall–Kier alpha value is -4.80. The fourth-order valence-corrected chi connectivity index (χ4v) is 15.5. The molecule has 14 N–H and O–H groups in total. The average Bonchev–Trinajstić information content (AvgIpc) is 1.82. The minimum atomic E-state index is -0.945. The Morgan fingerprint density at radius 3 is 1.15 bits per heavy atom. The number of amides is 4. The first-order valence-corrected chi connectivity index (χ1v) is 51.8. The molecular formula is C89H153N7O31S5. The molecule has 2 aromatic rings. The van der Waals surface area contributed by atoms with Crippen molar-refractivity contribution < 1.29 is 151 Å². The highest BCUT2D eigenvalue weighted by molar-refractivity contribution is 8.76. The van der Waals surface area contributed by atoms with Gasteiger partial charge < -0.3 is 144 Å². The van der Waals surface area contributed by atoms with Crippen molar-refractivity contribution in [2.45, 2.75) is 219 Å². The van der Waals surface area contributed by atoms with E-state index in [1.807, 2.05) is 36.4 Å². The summed E-state index contributed by atoms with van der Waals surface area (Å²) in [6.45, 7) is 10.2. The van der Waals surface area contributed by atoms with Gasteiger partial charge in [-0.3, -0.25) is 38.5 Å². The Labute approximate surface area is 799 Å². The quantitative estimate of drug-likeness (QED) is 0.0113. The molecule has 38 nitrogen and oxygen atoms in total. The lowest BCUT2D eigenvalue weighted by Gasteiger charge is -2.19. The summed E-state index contributed by atoms with van der Waals surface area (Å²) in [7, 11) is 3.27. The van der Waals surface area contributed by atoms with Crippen LogP contribution in [0.1, 0.15) is 141 Å². The van der Waals surface area contributed by atoms with E-state index in [0.29, 0.717) is 122 Å². The predicted octanol–water partition coefficient (Wildman–Crippen LogP) is 3.25. The van der Waals surface area contributed by atoms with Crippen LogP contribution in [0, 0.1) is 0 Å². The number of epoxide rings is 3. The topological polar surface area (TPSA) is 536 Å². The van der Waals surface area contributed by atoms with E-state index in [1.54, 1.807) is 75.3 Å². The van der Waals surface area contributed by atoms with Gasteiger partial charge in [-0.15, -0.1) is 6.58 Å². The number of nitrogens with one attached hydrogen (secondary N) is 5. The van der Waals surface area contributed by atoms with Crippen LogP contribution in [0.3, 0.4) is 0 Å². The number of ether oxygens (including phenoxy) is 15. The molecule has 3 fully saturated rings. The number of nitrogens with zero attached hydrogens (tertiary/aromatic N) is 2. The van der Waals surface area contributed by atoms with Gasteiger partial charge in [-0.2, -0.15) is 35.3 Å². The van der Waals surface area contributed by atoms with E-state index in [4.69, 9.17) is 71.1 Å². The van der Waals surface area contributed by atoms with Gasteiger partial charge in [-0.1, -0.05) is 54.7 Å². The molecule has 760 valence electrons. The highest BCUT2D eigenvalue weighted by Gasteiger charge is 2.27. The number of aliphatic hydroxyl groups excluding tert-OH is 9. The van der Waals surface area contributed by atoms with Gasteiger partial charge in [0.05, 0.1) is 183 Å². The van der Waals surface area contributed by atoms with Crippen molar-refractivity contribution >= 4 is 98.4 Å². The van der Waals surface area contributed by atoms with Crippen molar-refractivity contribution in [3.05, 3.63) is 67.1 Å². The zero-order valence-corrected chi connectivity index (χ0v) is 80.9. The maximum absolute atomic E-state index is 12.1. The molecular weight excluding hydrogens is 1820 g/mol. The number of aromatic nitrogens is 2. The molecule has 0 aromatic carbocycles. The summed E-state index contributed by atoms with van der Waals surface area (Å²) < 4.78 is 78.7. The monoisotopic (exact) mass is 1980 g/mol. The molecule has 3 aliphatic heterocycles. The van der Waals surface area contributed by atoms with Crippen molar-refractivity contribution in [2.75, 3.05) is 232 Å². The van der Waals surface area contributed by atoms with Gasteiger partial charge in [0.15, 0.2) is 0 Å². The third kappa shape index (κ3) is 79.2. The smallest absolute Gasteiger partial charge is 0.306 e. The Morgan fingerprint density at radius 1 is 0.402 bits per heavy atom. The Morgan fingerprint density at radius 2 is 0.773 bits per heavy atom. The molecule has 3 saturated heterocycles. The number of thioether (sulfide) groups is 3. The van der Waals surface area contributed by atoms with Gasteiger partial charge in [-0.25, -0.2) is 4.98 Å². The number of esters is 3. The van der Waals surface area contributed by atoms with Gasteiger partial charge in [0.2, 0.25) is 23.6 Å². The fraction of sp³-hybridized carbons (Fsp3) is 0.787. The summed E-state index contributed by atoms with van der Waals surface area (Å²) >= 11 is 5.03. The summed E-state index contributed by atoms with van der Waals surface area (Å²) in [6.07, 6.45) is 12.1. The van der Waals surface area contributed by atoms with Crippen molar-refractivity contribution in [3.63, 3.8) is 0 Å². The van der Waals surface area contributed by atoms with Gasteiger partial charge in [0.1, 0.15) is 60.0 Å². The number of carbonyl (C=O) groups is 7. The predicted molar refractivity (Wildman–Crippen MR) is 503 cm³/mol. The Balaban J connectivity index is 0.000000601. The standard InChI is InChI=1S/C46H85N3O20S2.C25H36N4O2S3.C18H32O9/c50-21-39(29-62-31-41-33-68-41)66-27-37(54)25-60-23-35(52)7-15-64-45(58)5-1-3-17-70-19-9-43(56)48-13-11-47-12-14-49-44(57)10-20-71-18-4-2-6-46(59)65-16-8-36(53)24-61-26-38(55)28-67-40(22-51)30-63-32-42-34-69-42;30-23(13-19-32-21-22-11-5-9-15-26-22)27-16-7-3-1-2-4-8-17-28-24(31)14-20-33-34-25-12-6-10-18-29-25;1-2-3-4-18(22)25-6-5-14(20)8-23-9-15(21)10-26-16(7-19)11-24-12-17-13-27-17/h35-42,47,50-55H,1-34H2,(H,48,56)(H,49,57);5-6,9-12,15,18H,1-4,7-8,13-14,16-17,19-21H2,(H,27,30)(H,28,31);2,14-17,19-21H,1,3-13H2. The lowest BCUT2D eigenvalue weighted by Crippen LogP contribution is -2.36. The molecule has 12 atom stereocenters. The summed E-state index contributed by atoms with van der Waals surface area (Å²) in [5.41, 5.74) is 1.06. The van der Waals surface area contributed by atoms with E-state index >= 15 is 0 Å². The van der Waals surface area contributed by atoms with Crippen LogP contribution >= 0.6 is 56.9 Å². The molecule has 0 spiro atoms. The normalized spacial score (nSPS) is 16.2. The lowest BCUT2D eigenvalue weighted by atomic mass is 10.1. The number of rotatable bonds is 89. The van der Waals surface area contributed by atoms with Gasteiger partial charge in [0.25, 0.3) is 0 Å². The number of aliphatic hydroxyl groups is 9. The summed E-state index contributed by atoms with van der Waals surface area (Å²) in [6, 6.07) is 11.7. The van der Waals surface area contributed by atoms with Crippen molar-refractivity contribution in [1.29, 1.82) is 0 Å². The van der Waals surface area contributed by atoms with Crippen LogP contribution < -0.4 is 26.6 Å². The number of pyridine rings is 2. The van der Waals surface area contributed by atoms with Gasteiger partial charge >= 0.3 is 17.9 Å². The lowest BCUT2D eigenvalue weighted by molar-refractivity contribution is -0.145. The van der Waals surface area contributed by atoms with Crippen LogP contribution in [-0.4, -0.2) is 403 Å². The second kappa shape index (κ2) is 85.4. The van der Waals surface area contributed by atoms with Crippen molar-refractivity contribution in [1.82, 2.24) is 36.6 Å². The first kappa shape index (κ1) is 121. The second-order valence-electron chi connectivity index (χ2n) is 31.1. The van der Waals surface area contributed by atoms with E-state index in [0.717, 1.165) is 91.1 Å². The molecule has 0 aliphatic carbocycles. The van der Waals surface area contributed by atoms with E-state index < -0.39 is 54.9 Å². The minimum Gasteiger partial charge on any atom is -0.466 e. The molecule has 5 heterocycles. The number of hydrogen-bond acceptors (Lipinski definition) is 39. The molecule has 4 amide bonds. The van der Waals surface area contributed by atoms with Crippen LogP contribution in [-0.2, 0) is 110 Å². The molecule has 0 radical (unpaired) electrons. The molecule has 3 aliphatic rings. The number of hydrogen-bond donors (Lipinski definition) is 14. The molecule has 0 bridgehead atoms. The molecule has 5 rings (SSSR count). The highest BCUT2D eigenvalue weighted by atomic mass is 33.1. The minimum absolute atomic E-state index is 0.00912. The van der Waals surface area contributed by atoms with Gasteiger partial charge in [0, 0.05) is 145 Å². The maximum atomic E-state index is 12.1. The van der Waals surface area contributed by atoms with Crippen LogP contribution in [0.4, 0.5) is 0 Å². The van der Waals surface area contributed by atoms with Crippen molar-refractivity contribution in [2.24, 2.45) is 0 Å². The molecule has 43 heteroatoms. The van der Waals surface area contributed by atoms with Crippen LogP contribution in [0.5, 0.6) is 0 Å². The van der Waals surface area contributed by atoms with E-state index in [-0.39, 0.29) is 217 Å². The second-order valence-corrected chi connectivity index (χ2v) is 37.1. The fourth-order valence-electron chi connectivity index (χ4n) is 10.9. The largest absolute Gasteiger partial charge is 0.466 e. The summed E-state index contributed by atoms with van der Waals surface area (Å²) in [5.74, 6) is 4.59. The van der Waals surface area contributed by atoms with Crippen molar-refractivity contribution in [3.8, 4) is 0 Å². The first-order chi connectivity index (χ1) is 64.2. The van der Waals surface area contributed by atoms with Crippen LogP contribution in [0.15, 0.2) is 66.5 Å². The highest BCUT2D eigenvalue weighted by Crippen LogP contribution is 2.29. The molecule has 132 heavy (non-hydrogen) atoms. The Kier molecular flexibility index (Phi) is 78.5. The zero-order valence-electron chi connectivity index (χ0n) is 76.8. The van der Waals surface area contributed by atoms with Crippen LogP contribution in [0.2, 0.25) is 0 Å². The third-order valence-corrected chi connectivity index (χ3v) is 24.1. The molecule has 2 aromatic heterocycles. The SMILES string of the molecule is C=CCCC(=O)OCCC(O)COCC(O)COC(CO)COCC1CO1.O=C(CCSCCCCC(=O)OCCC(O)COCC(O)COC(CO)COCC1CO1)NCCNCCNC(=O)CCSCCCCC(=O)OCCC(O)COCC(O)COC(CO)COCC1CO1.O=C(CCSCc1ccccn1)NCCCCCCCCNC(=O)CCSSc1ccccn1.